The van der Waals surface area contributed by atoms with Crippen LogP contribution in [0.2, 0.25) is 0 Å². The third-order valence-corrected chi connectivity index (χ3v) is 3.53. The van der Waals surface area contributed by atoms with Crippen molar-refractivity contribution < 1.29 is 24.5 Å². The number of carbonyl (C=O) groups is 2. The number of carbonyl (C=O) groups excluding carboxylic acids is 2. The largest absolute Gasteiger partial charge is 0.452 e. The Bertz CT molecular complexity index is 383. The first-order valence-electron chi connectivity index (χ1n) is 6.50. The summed E-state index contributed by atoms with van der Waals surface area (Å²) in [4.78, 5) is 24.6. The maximum Gasteiger partial charge on any atom is 0.427 e. The molecule has 0 radical (unpaired) electrons. The molecular weight excluding hydrogens is 266 g/mol. The number of hydrogen-bond donors (Lipinski definition) is 1. The van der Waals surface area contributed by atoms with Gasteiger partial charge in [0.2, 0.25) is 0 Å². The molecule has 2 atom stereocenters. The van der Waals surface area contributed by atoms with E-state index >= 15 is 0 Å². The predicted octanol–water partition coefficient (Wildman–Crippen LogP) is 0.657. The van der Waals surface area contributed by atoms with Crippen molar-refractivity contribution in [1.29, 1.82) is 0 Å². The minimum atomic E-state index is -0.576. The molecule has 20 heavy (non-hydrogen) atoms. The van der Waals surface area contributed by atoms with Crippen molar-refractivity contribution in [3.8, 4) is 0 Å². The normalized spacial score (nSPS) is 23.7. The molecule has 0 aromatic rings. The highest BCUT2D eigenvalue weighted by Gasteiger charge is 2.42. The van der Waals surface area contributed by atoms with Gasteiger partial charge in [0.1, 0.15) is 0 Å². The van der Waals surface area contributed by atoms with E-state index in [-0.39, 0.29) is 23.7 Å². The second kappa shape index (κ2) is 7.09. The zero-order valence-corrected chi connectivity index (χ0v) is 11.7. The van der Waals surface area contributed by atoms with Crippen LogP contribution in [0.4, 0.5) is 9.59 Å². The van der Waals surface area contributed by atoms with Gasteiger partial charge in [-0.25, -0.2) is 15.0 Å². The van der Waals surface area contributed by atoms with E-state index in [2.05, 4.69) is 15.3 Å². The summed E-state index contributed by atoms with van der Waals surface area (Å²) in [6.45, 7) is 2.19. The Morgan fingerprint density at radius 1 is 1.35 bits per heavy atom. The summed E-state index contributed by atoms with van der Waals surface area (Å²) in [5.74, 6) is 0. The predicted molar refractivity (Wildman–Crippen MR) is 71.5 cm³/mol. The van der Waals surface area contributed by atoms with E-state index < -0.39 is 6.09 Å². The molecule has 0 aliphatic carbocycles. The van der Waals surface area contributed by atoms with Gasteiger partial charge in [0.25, 0.3) is 0 Å². The highest BCUT2D eigenvalue weighted by molar-refractivity contribution is 5.89. The lowest BCUT2D eigenvalue weighted by molar-refractivity contribution is 0.0860. The summed E-state index contributed by atoms with van der Waals surface area (Å²) < 4.78 is 9.53. The minimum Gasteiger partial charge on any atom is -0.452 e. The van der Waals surface area contributed by atoms with E-state index in [0.29, 0.717) is 19.4 Å². The average Bonchev–Trinajstić information content (AvgIpc) is 2.67. The summed E-state index contributed by atoms with van der Waals surface area (Å²) in [5.41, 5.74) is 3.23. The first-order valence-corrected chi connectivity index (χ1v) is 6.50. The molecule has 0 aromatic heterocycles. The molecule has 2 aliphatic heterocycles. The van der Waals surface area contributed by atoms with Crippen LogP contribution < -0.4 is 5.43 Å². The number of hydrogen-bond acceptors (Lipinski definition) is 5. The summed E-state index contributed by atoms with van der Waals surface area (Å²) >= 11 is 0. The fourth-order valence-electron chi connectivity index (χ4n) is 2.75. The molecule has 2 rings (SSSR count). The first-order chi connectivity index (χ1) is 9.15. The molecule has 2 heterocycles. The highest BCUT2D eigenvalue weighted by Crippen LogP contribution is 2.34. The van der Waals surface area contributed by atoms with Crippen LogP contribution in [0.1, 0.15) is 32.6 Å². The molecule has 2 amide bonds. The summed E-state index contributed by atoms with van der Waals surface area (Å²) in [6.07, 6.45) is 2.46. The van der Waals surface area contributed by atoms with Gasteiger partial charge in [-0.1, -0.05) is 0 Å². The molecule has 8 heteroatoms. The summed E-state index contributed by atoms with van der Waals surface area (Å²) in [5, 5.41) is 4.05. The Labute approximate surface area is 117 Å². The monoisotopic (exact) mass is 287 g/mol. The number of hydrazone groups is 1. The molecule has 2 saturated heterocycles. The second-order valence-corrected chi connectivity index (χ2v) is 4.68. The van der Waals surface area contributed by atoms with Crippen molar-refractivity contribution in [2.75, 3.05) is 13.7 Å². The van der Waals surface area contributed by atoms with Gasteiger partial charge < -0.3 is 19.8 Å². The standard InChI is InChI=1S/C12H19N3O4.H2O/c1-3-19-12(17)15-9-4-5-10(15)7-8(6-9)13-14-11(16)18-2;/h9-10H,3-7H2,1-2H3,(H,14,16);1H2. The van der Waals surface area contributed by atoms with Gasteiger partial charge in [0, 0.05) is 30.6 Å². The molecule has 0 saturated carbocycles. The van der Waals surface area contributed by atoms with Crippen LogP contribution in [-0.4, -0.2) is 54.1 Å². The molecule has 0 spiro atoms. The van der Waals surface area contributed by atoms with Gasteiger partial charge in [0.05, 0.1) is 13.7 Å². The molecule has 2 aliphatic rings. The van der Waals surface area contributed by atoms with Crippen LogP contribution in [0, 0.1) is 0 Å². The number of fused-ring (bicyclic) bond motifs is 2. The van der Waals surface area contributed by atoms with E-state index in [0.717, 1.165) is 18.6 Å². The lowest BCUT2D eigenvalue weighted by Gasteiger charge is -2.34. The molecule has 2 fully saturated rings. The molecule has 2 unspecified atom stereocenters. The number of nitrogens with one attached hydrogen (secondary N) is 1. The summed E-state index contributed by atoms with van der Waals surface area (Å²) in [7, 11) is 1.29. The van der Waals surface area contributed by atoms with Gasteiger partial charge in [-0.15, -0.1) is 0 Å². The van der Waals surface area contributed by atoms with Crippen molar-refractivity contribution in [1.82, 2.24) is 10.3 Å². The van der Waals surface area contributed by atoms with E-state index in [1.165, 1.54) is 7.11 Å². The average molecular weight is 287 g/mol. The van der Waals surface area contributed by atoms with Crippen LogP contribution in [0.3, 0.4) is 0 Å². The number of ether oxygens (including phenoxy) is 2. The van der Waals surface area contributed by atoms with Gasteiger partial charge in [0.15, 0.2) is 0 Å². The zero-order valence-electron chi connectivity index (χ0n) is 11.7. The molecule has 3 N–H and O–H groups in total. The Morgan fingerprint density at radius 2 is 1.95 bits per heavy atom. The fourth-order valence-corrected chi connectivity index (χ4v) is 2.75. The third kappa shape index (κ3) is 3.38. The Hall–Kier alpha value is -1.83. The summed E-state index contributed by atoms with van der Waals surface area (Å²) in [6, 6.07) is 0.270. The number of nitrogens with zero attached hydrogens (tertiary/aromatic N) is 2. The molecular formula is C12H21N3O5. The molecule has 114 valence electrons. The highest BCUT2D eigenvalue weighted by atomic mass is 16.6. The Balaban J connectivity index is 0.00000200. The fraction of sp³-hybridized carbons (Fsp3) is 0.750. The van der Waals surface area contributed by atoms with Crippen LogP contribution in [0.5, 0.6) is 0 Å². The smallest absolute Gasteiger partial charge is 0.427 e. The lowest BCUT2D eigenvalue weighted by Crippen LogP contribution is -2.47. The molecule has 0 aromatic carbocycles. The van der Waals surface area contributed by atoms with E-state index in [1.807, 2.05) is 4.90 Å². The van der Waals surface area contributed by atoms with Crippen LogP contribution in [0.15, 0.2) is 5.10 Å². The SMILES string of the molecule is CCOC(=O)N1C2CCC1CC(=NNC(=O)OC)C2.O. The van der Waals surface area contributed by atoms with Crippen LogP contribution >= 0.6 is 0 Å². The van der Waals surface area contributed by atoms with Crippen molar-refractivity contribution in [2.45, 2.75) is 44.7 Å². The molecule has 2 bridgehead atoms. The quantitative estimate of drug-likeness (QED) is 0.751. The first kappa shape index (κ1) is 16.2. The van der Waals surface area contributed by atoms with E-state index in [1.54, 1.807) is 6.92 Å². The van der Waals surface area contributed by atoms with Crippen LogP contribution in [0.25, 0.3) is 0 Å². The van der Waals surface area contributed by atoms with Crippen molar-refractivity contribution in [3.63, 3.8) is 0 Å². The number of rotatable bonds is 2. The van der Waals surface area contributed by atoms with E-state index in [4.69, 9.17) is 4.74 Å². The van der Waals surface area contributed by atoms with Crippen molar-refractivity contribution in [2.24, 2.45) is 5.10 Å². The van der Waals surface area contributed by atoms with Gasteiger partial charge in [-0.05, 0) is 19.8 Å². The van der Waals surface area contributed by atoms with Crippen LogP contribution in [-0.2, 0) is 9.47 Å². The maximum absolute atomic E-state index is 11.9. The van der Waals surface area contributed by atoms with Crippen molar-refractivity contribution >= 4 is 17.9 Å². The molecule has 8 nitrogen and oxygen atoms in total. The van der Waals surface area contributed by atoms with Crippen molar-refractivity contribution in [3.05, 3.63) is 0 Å². The van der Waals surface area contributed by atoms with Gasteiger partial charge in [-0.3, -0.25) is 0 Å². The van der Waals surface area contributed by atoms with Gasteiger partial charge in [-0.2, -0.15) is 5.10 Å². The van der Waals surface area contributed by atoms with Gasteiger partial charge >= 0.3 is 12.2 Å². The lowest BCUT2D eigenvalue weighted by atomic mass is 10.0. The minimum absolute atomic E-state index is 0. The second-order valence-electron chi connectivity index (χ2n) is 4.68. The number of amides is 2. The zero-order chi connectivity index (χ0) is 13.8. The number of piperidine rings is 1. The maximum atomic E-state index is 11.9. The third-order valence-electron chi connectivity index (χ3n) is 3.53. The topological polar surface area (TPSA) is 112 Å². The Kier molecular flexibility index (Phi) is 5.75. The Morgan fingerprint density at radius 3 is 2.45 bits per heavy atom. The number of methoxy groups -OCH3 is 1. The van der Waals surface area contributed by atoms with E-state index in [9.17, 15) is 9.59 Å².